The number of piperidine rings is 1. The molecule has 1 aromatic heterocycles. The molecule has 2 aromatic rings. The molecule has 1 spiro atoms. The molecule has 0 saturated carbocycles. The number of likely N-dealkylation sites (tertiary alicyclic amines) is 1. The zero-order valence-electron chi connectivity index (χ0n) is 15.3. The molecule has 132 valence electrons. The van der Waals surface area contributed by atoms with E-state index >= 15 is 0 Å². The first-order valence-electron chi connectivity index (χ1n) is 9.12. The van der Waals surface area contributed by atoms with Gasteiger partial charge in [-0.05, 0) is 29.7 Å². The lowest BCUT2D eigenvalue weighted by Crippen LogP contribution is -2.50. The predicted molar refractivity (Wildman–Crippen MR) is 98.0 cm³/mol. The summed E-state index contributed by atoms with van der Waals surface area (Å²) in [7, 11) is 0. The van der Waals surface area contributed by atoms with Crippen LogP contribution in [0, 0.1) is 5.41 Å². The lowest BCUT2D eigenvalue weighted by Gasteiger charge is -2.45. The van der Waals surface area contributed by atoms with E-state index in [9.17, 15) is 4.79 Å². The first kappa shape index (κ1) is 16.2. The van der Waals surface area contributed by atoms with Crippen molar-refractivity contribution >= 4 is 5.91 Å². The SMILES string of the molecule is CC(C)(C)CC(=O)N1CCC2(CC1)Oc1ccccc1-n1cccc12. The van der Waals surface area contributed by atoms with Crippen LogP contribution in [0.15, 0.2) is 42.6 Å². The second-order valence-corrected chi connectivity index (χ2v) is 8.45. The largest absolute Gasteiger partial charge is 0.479 e. The minimum Gasteiger partial charge on any atom is -0.479 e. The zero-order valence-corrected chi connectivity index (χ0v) is 15.3. The van der Waals surface area contributed by atoms with E-state index in [1.165, 1.54) is 5.69 Å². The number of ether oxygens (including phenoxy) is 1. The van der Waals surface area contributed by atoms with Gasteiger partial charge in [0, 0.05) is 38.5 Å². The minimum absolute atomic E-state index is 0.0290. The van der Waals surface area contributed by atoms with E-state index in [4.69, 9.17) is 4.74 Å². The zero-order chi connectivity index (χ0) is 17.7. The van der Waals surface area contributed by atoms with E-state index in [0.29, 0.717) is 6.42 Å². The van der Waals surface area contributed by atoms with Crippen LogP contribution in [0.5, 0.6) is 5.75 Å². The van der Waals surface area contributed by atoms with Gasteiger partial charge in [0.05, 0.1) is 11.4 Å². The van der Waals surface area contributed by atoms with Gasteiger partial charge in [0.15, 0.2) is 5.60 Å². The van der Waals surface area contributed by atoms with Gasteiger partial charge in [-0.2, -0.15) is 0 Å². The van der Waals surface area contributed by atoms with Crippen molar-refractivity contribution in [3.05, 3.63) is 48.3 Å². The van der Waals surface area contributed by atoms with Crippen LogP contribution in [0.3, 0.4) is 0 Å². The number of carbonyl (C=O) groups excluding carboxylic acids is 1. The molecule has 0 aliphatic carbocycles. The first-order valence-corrected chi connectivity index (χ1v) is 9.12. The number of carbonyl (C=O) groups is 1. The van der Waals surface area contributed by atoms with E-state index in [1.807, 2.05) is 23.1 Å². The molecule has 25 heavy (non-hydrogen) atoms. The highest BCUT2D eigenvalue weighted by Gasteiger charge is 2.44. The molecule has 1 aromatic carbocycles. The Hall–Kier alpha value is -2.23. The number of fused-ring (bicyclic) bond motifs is 4. The fourth-order valence-corrected chi connectivity index (χ4v) is 4.01. The van der Waals surface area contributed by atoms with Gasteiger partial charge in [-0.15, -0.1) is 0 Å². The van der Waals surface area contributed by atoms with Gasteiger partial charge >= 0.3 is 0 Å². The lowest BCUT2D eigenvalue weighted by atomic mass is 9.85. The summed E-state index contributed by atoms with van der Waals surface area (Å²) in [4.78, 5) is 14.6. The Labute approximate surface area is 149 Å². The number of hydrogen-bond acceptors (Lipinski definition) is 2. The average molecular weight is 338 g/mol. The van der Waals surface area contributed by atoms with Crippen LogP contribution in [-0.2, 0) is 10.4 Å². The van der Waals surface area contributed by atoms with Crippen molar-refractivity contribution in [3.63, 3.8) is 0 Å². The molecule has 0 N–H and O–H groups in total. The summed E-state index contributed by atoms with van der Waals surface area (Å²) in [5.74, 6) is 1.19. The summed E-state index contributed by atoms with van der Waals surface area (Å²) < 4.78 is 8.76. The summed E-state index contributed by atoms with van der Waals surface area (Å²) in [6.07, 6.45) is 4.37. The van der Waals surface area contributed by atoms with E-state index in [1.54, 1.807) is 0 Å². The molecule has 2 aliphatic heterocycles. The summed E-state index contributed by atoms with van der Waals surface area (Å²) in [6, 6.07) is 12.4. The van der Waals surface area contributed by atoms with Crippen molar-refractivity contribution in [1.29, 1.82) is 0 Å². The van der Waals surface area contributed by atoms with E-state index in [-0.39, 0.29) is 16.9 Å². The monoisotopic (exact) mass is 338 g/mol. The molecule has 1 saturated heterocycles. The quantitative estimate of drug-likeness (QED) is 0.784. The van der Waals surface area contributed by atoms with Crippen LogP contribution in [-0.4, -0.2) is 28.5 Å². The van der Waals surface area contributed by atoms with Crippen molar-refractivity contribution in [2.24, 2.45) is 5.41 Å². The molecule has 4 rings (SSSR count). The van der Waals surface area contributed by atoms with Crippen molar-refractivity contribution in [2.45, 2.75) is 45.6 Å². The molecule has 2 aliphatic rings. The fourth-order valence-electron chi connectivity index (χ4n) is 4.01. The molecule has 0 atom stereocenters. The maximum Gasteiger partial charge on any atom is 0.223 e. The second kappa shape index (κ2) is 5.65. The van der Waals surface area contributed by atoms with Gasteiger partial charge in [-0.25, -0.2) is 0 Å². The molecule has 3 heterocycles. The maximum absolute atomic E-state index is 12.6. The number of aromatic nitrogens is 1. The van der Waals surface area contributed by atoms with Gasteiger partial charge in [0.2, 0.25) is 5.91 Å². The highest BCUT2D eigenvalue weighted by atomic mass is 16.5. The van der Waals surface area contributed by atoms with E-state index < -0.39 is 0 Å². The Kier molecular flexibility index (Phi) is 3.67. The van der Waals surface area contributed by atoms with Crippen molar-refractivity contribution in [3.8, 4) is 11.4 Å². The predicted octanol–water partition coefficient (Wildman–Crippen LogP) is 4.12. The van der Waals surface area contributed by atoms with Crippen molar-refractivity contribution < 1.29 is 9.53 Å². The first-order chi connectivity index (χ1) is 11.9. The van der Waals surface area contributed by atoms with Crippen LogP contribution < -0.4 is 4.74 Å². The third kappa shape index (κ3) is 2.84. The van der Waals surface area contributed by atoms with Crippen LogP contribution in [0.1, 0.15) is 45.7 Å². The highest BCUT2D eigenvalue weighted by molar-refractivity contribution is 5.77. The van der Waals surface area contributed by atoms with E-state index in [0.717, 1.165) is 37.4 Å². The standard InChI is InChI=1S/C21H26N2O2/c1-20(2,3)15-19(24)22-13-10-21(11-14-22)18-9-6-12-23(18)16-7-4-5-8-17(16)25-21/h4-9,12H,10-11,13-15H2,1-3H3. The third-order valence-corrected chi connectivity index (χ3v) is 5.25. The summed E-state index contributed by atoms with van der Waals surface area (Å²) in [6.45, 7) is 7.85. The minimum atomic E-state index is -0.323. The van der Waals surface area contributed by atoms with Crippen LogP contribution in [0.25, 0.3) is 5.69 Å². The smallest absolute Gasteiger partial charge is 0.223 e. The van der Waals surface area contributed by atoms with Crippen LogP contribution >= 0.6 is 0 Å². The second-order valence-electron chi connectivity index (χ2n) is 8.45. The summed E-state index contributed by atoms with van der Waals surface area (Å²) in [5.41, 5.74) is 2.01. The van der Waals surface area contributed by atoms with Gasteiger partial charge < -0.3 is 14.2 Å². The highest BCUT2D eigenvalue weighted by Crippen LogP contribution is 2.45. The molecular weight excluding hydrogens is 312 g/mol. The number of amides is 1. The third-order valence-electron chi connectivity index (χ3n) is 5.25. The molecule has 0 radical (unpaired) electrons. The van der Waals surface area contributed by atoms with Crippen LogP contribution in [0.2, 0.25) is 0 Å². The van der Waals surface area contributed by atoms with Gasteiger partial charge in [-0.1, -0.05) is 32.9 Å². The lowest BCUT2D eigenvalue weighted by molar-refractivity contribution is -0.137. The van der Waals surface area contributed by atoms with Gasteiger partial charge in [-0.3, -0.25) is 4.79 Å². The molecule has 4 heteroatoms. The molecule has 1 fully saturated rings. The Morgan fingerprint density at radius 3 is 2.56 bits per heavy atom. The van der Waals surface area contributed by atoms with Crippen molar-refractivity contribution in [1.82, 2.24) is 9.47 Å². The average Bonchev–Trinajstić information content (AvgIpc) is 3.05. The Bertz CT molecular complexity index is 792. The summed E-state index contributed by atoms with van der Waals surface area (Å²) in [5, 5.41) is 0. The molecule has 4 nitrogen and oxygen atoms in total. The molecule has 1 amide bonds. The normalized spacial score (nSPS) is 18.4. The Morgan fingerprint density at radius 2 is 1.84 bits per heavy atom. The molecule has 0 unspecified atom stereocenters. The molecule has 0 bridgehead atoms. The number of para-hydroxylation sites is 2. The number of hydrogen-bond donors (Lipinski definition) is 0. The summed E-state index contributed by atoms with van der Waals surface area (Å²) >= 11 is 0. The van der Waals surface area contributed by atoms with Crippen LogP contribution in [0.4, 0.5) is 0 Å². The topological polar surface area (TPSA) is 34.5 Å². The number of nitrogens with zero attached hydrogens (tertiary/aromatic N) is 2. The van der Waals surface area contributed by atoms with Gasteiger partial charge in [0.1, 0.15) is 5.75 Å². The van der Waals surface area contributed by atoms with E-state index in [2.05, 4.69) is 49.7 Å². The fraction of sp³-hybridized carbons (Fsp3) is 0.476. The molecular formula is C21H26N2O2. The Balaban J connectivity index is 1.57. The number of benzene rings is 1. The van der Waals surface area contributed by atoms with Crippen molar-refractivity contribution in [2.75, 3.05) is 13.1 Å². The Morgan fingerprint density at radius 1 is 1.12 bits per heavy atom. The maximum atomic E-state index is 12.6. The van der Waals surface area contributed by atoms with Gasteiger partial charge in [0.25, 0.3) is 0 Å². The number of rotatable bonds is 1.